The lowest BCUT2D eigenvalue weighted by Crippen LogP contribution is -2.29. The summed E-state index contributed by atoms with van der Waals surface area (Å²) < 4.78 is 0. The Kier molecular flexibility index (Phi) is 10.4. The predicted octanol–water partition coefficient (Wildman–Crippen LogP) is 9.51. The number of benzene rings is 4. The highest BCUT2D eigenvalue weighted by Crippen LogP contribution is 2.48. The maximum atomic E-state index is 9.65. The van der Waals surface area contributed by atoms with Gasteiger partial charge in [0.05, 0.1) is 27.5 Å². The van der Waals surface area contributed by atoms with E-state index in [1.807, 2.05) is 11.8 Å². The Morgan fingerprint density at radius 1 is 0.688 bits per heavy atom. The minimum Gasteiger partial charge on any atom is -0.396 e. The van der Waals surface area contributed by atoms with Gasteiger partial charge in [-0.1, -0.05) is 102 Å². The van der Waals surface area contributed by atoms with Crippen molar-refractivity contribution in [2.75, 3.05) is 41.0 Å². The van der Waals surface area contributed by atoms with Crippen LogP contribution in [0, 0.1) is 0 Å². The van der Waals surface area contributed by atoms with Crippen molar-refractivity contribution in [2.24, 2.45) is 0 Å². The standard InChI is InChI=1S/C41H41N3O2S2/c45-29-11-27-42-35-17-7-9-19-37(35)47-39(42)25-23-31-21-22-32(24-26-40-43(28-12-30-46)36-18-8-10-20-38(36)48-40)41(31)44(33-13-3-1-4-14-33)34-15-5-2-6-16-34/h1-10,13-20,23-26,39,45-46H,11-12,21-22,27-30H2/b25-23+,32-24+,40-26-. The summed E-state index contributed by atoms with van der Waals surface area (Å²) in [6.45, 7) is 1.95. The Morgan fingerprint density at radius 3 is 2.02 bits per heavy atom. The number of anilines is 4. The van der Waals surface area contributed by atoms with Gasteiger partial charge in [-0.3, -0.25) is 0 Å². The smallest absolute Gasteiger partial charge is 0.0986 e. The lowest BCUT2D eigenvalue weighted by atomic mass is 10.1. The van der Waals surface area contributed by atoms with Gasteiger partial charge in [0.2, 0.25) is 0 Å². The summed E-state index contributed by atoms with van der Waals surface area (Å²) in [6.07, 6.45) is 12.6. The number of aliphatic hydroxyl groups is 2. The fourth-order valence-corrected chi connectivity index (χ4v) is 8.97. The van der Waals surface area contributed by atoms with Crippen molar-refractivity contribution < 1.29 is 10.2 Å². The van der Waals surface area contributed by atoms with Gasteiger partial charge in [0, 0.05) is 47.5 Å². The lowest BCUT2D eigenvalue weighted by Gasteiger charge is -2.29. The fraction of sp³-hybridized carbons (Fsp3) is 0.220. The van der Waals surface area contributed by atoms with Crippen molar-refractivity contribution >= 4 is 46.3 Å². The largest absolute Gasteiger partial charge is 0.396 e. The molecule has 0 spiro atoms. The predicted molar refractivity (Wildman–Crippen MR) is 203 cm³/mol. The van der Waals surface area contributed by atoms with Gasteiger partial charge in [-0.2, -0.15) is 0 Å². The van der Waals surface area contributed by atoms with Gasteiger partial charge in [-0.05, 0) is 91.4 Å². The third-order valence-corrected chi connectivity index (χ3v) is 11.3. The van der Waals surface area contributed by atoms with Gasteiger partial charge in [-0.25, -0.2) is 0 Å². The van der Waals surface area contributed by atoms with E-state index in [1.54, 1.807) is 11.8 Å². The van der Waals surface area contributed by atoms with Gasteiger partial charge < -0.3 is 24.9 Å². The molecule has 4 aromatic carbocycles. The minimum atomic E-state index is 0.160. The quantitative estimate of drug-likeness (QED) is 0.156. The van der Waals surface area contributed by atoms with Gasteiger partial charge in [0.25, 0.3) is 0 Å². The monoisotopic (exact) mass is 671 g/mol. The summed E-state index contributed by atoms with van der Waals surface area (Å²) in [5, 5.41) is 20.6. The summed E-state index contributed by atoms with van der Waals surface area (Å²) >= 11 is 3.68. The van der Waals surface area contributed by atoms with Crippen molar-refractivity contribution in [2.45, 2.75) is 40.8 Å². The van der Waals surface area contributed by atoms with Crippen LogP contribution in [0.1, 0.15) is 25.7 Å². The molecular weight excluding hydrogens is 631 g/mol. The van der Waals surface area contributed by atoms with Crippen LogP contribution >= 0.6 is 23.5 Å². The van der Waals surface area contributed by atoms with Crippen LogP contribution in [0.25, 0.3) is 0 Å². The van der Waals surface area contributed by atoms with Crippen molar-refractivity contribution in [1.29, 1.82) is 0 Å². The molecule has 2 heterocycles. The first-order chi connectivity index (χ1) is 23.7. The van der Waals surface area contributed by atoms with Crippen molar-refractivity contribution in [1.82, 2.24) is 0 Å². The van der Waals surface area contributed by atoms with Crippen molar-refractivity contribution in [3.05, 3.63) is 155 Å². The van der Waals surface area contributed by atoms with E-state index in [1.165, 1.54) is 43.0 Å². The summed E-state index contributed by atoms with van der Waals surface area (Å²) in [7, 11) is 0. The number of thioether (sulfide) groups is 2. The number of aliphatic hydroxyl groups excluding tert-OH is 2. The zero-order valence-electron chi connectivity index (χ0n) is 27.0. The number of allylic oxidation sites excluding steroid dienone is 5. The lowest BCUT2D eigenvalue weighted by molar-refractivity contribution is 0.289. The number of para-hydroxylation sites is 4. The molecule has 7 heteroatoms. The summed E-state index contributed by atoms with van der Waals surface area (Å²) in [6, 6.07) is 38.5. The molecule has 0 saturated heterocycles. The normalized spacial score (nSPS) is 18.8. The van der Waals surface area contributed by atoms with E-state index in [0.717, 1.165) is 50.1 Å². The third kappa shape index (κ3) is 6.87. The van der Waals surface area contributed by atoms with E-state index in [0.29, 0.717) is 0 Å². The Labute approximate surface area is 292 Å². The average Bonchev–Trinajstić information content (AvgIpc) is 3.81. The summed E-state index contributed by atoms with van der Waals surface area (Å²) in [5.41, 5.74) is 8.55. The molecule has 4 aromatic rings. The van der Waals surface area contributed by atoms with E-state index in [4.69, 9.17) is 0 Å². The molecule has 1 aliphatic carbocycles. The van der Waals surface area contributed by atoms with E-state index < -0.39 is 0 Å². The number of hydrogen-bond acceptors (Lipinski definition) is 7. The molecule has 3 aliphatic rings. The van der Waals surface area contributed by atoms with Gasteiger partial charge in [-0.15, -0.1) is 0 Å². The fourth-order valence-electron chi connectivity index (χ4n) is 6.65. The highest BCUT2D eigenvalue weighted by atomic mass is 32.2. The number of fused-ring (bicyclic) bond motifs is 2. The topological polar surface area (TPSA) is 50.2 Å². The van der Waals surface area contributed by atoms with E-state index in [2.05, 4.69) is 148 Å². The molecule has 0 fully saturated rings. The zero-order chi connectivity index (χ0) is 32.7. The number of rotatable bonds is 12. The van der Waals surface area contributed by atoms with Crippen LogP contribution < -0.4 is 14.7 Å². The Hall–Kier alpha value is -4.14. The molecule has 244 valence electrons. The molecule has 1 unspecified atom stereocenters. The SMILES string of the molecule is OCCCN1/C(=C/C=C2\CCC(/C=C/C3Sc4ccccc4N3CCCO)=C2N(c2ccccc2)c2ccccc2)Sc2ccccc21. The zero-order valence-corrected chi connectivity index (χ0v) is 28.6. The molecule has 5 nitrogen and oxygen atoms in total. The van der Waals surface area contributed by atoms with Crippen LogP contribution in [0.5, 0.6) is 0 Å². The molecule has 2 N–H and O–H groups in total. The first-order valence-electron chi connectivity index (χ1n) is 16.8. The molecule has 0 bridgehead atoms. The van der Waals surface area contributed by atoms with Crippen LogP contribution in [0.2, 0.25) is 0 Å². The molecular formula is C41H41N3O2S2. The molecule has 0 amide bonds. The van der Waals surface area contributed by atoms with Crippen LogP contribution in [-0.4, -0.2) is 41.9 Å². The van der Waals surface area contributed by atoms with Crippen LogP contribution in [0.3, 0.4) is 0 Å². The van der Waals surface area contributed by atoms with Gasteiger partial charge in [0.1, 0.15) is 0 Å². The molecule has 0 radical (unpaired) electrons. The second-order valence-corrected chi connectivity index (χ2v) is 14.2. The molecule has 7 rings (SSSR count). The van der Waals surface area contributed by atoms with Crippen molar-refractivity contribution in [3.8, 4) is 0 Å². The Bertz CT molecular complexity index is 1800. The highest BCUT2D eigenvalue weighted by molar-refractivity contribution is 8.03. The Balaban J connectivity index is 1.30. The van der Waals surface area contributed by atoms with Crippen LogP contribution in [-0.2, 0) is 0 Å². The number of hydrogen-bond donors (Lipinski definition) is 2. The molecule has 48 heavy (non-hydrogen) atoms. The second-order valence-electron chi connectivity index (χ2n) is 12.0. The second kappa shape index (κ2) is 15.4. The summed E-state index contributed by atoms with van der Waals surface area (Å²) in [5.74, 6) is 0. The first-order valence-corrected chi connectivity index (χ1v) is 18.5. The Morgan fingerprint density at radius 2 is 1.31 bits per heavy atom. The van der Waals surface area contributed by atoms with E-state index in [-0.39, 0.29) is 18.6 Å². The third-order valence-electron chi connectivity index (χ3n) is 8.88. The number of nitrogens with zero attached hydrogens (tertiary/aromatic N) is 3. The van der Waals surface area contributed by atoms with E-state index >= 15 is 0 Å². The summed E-state index contributed by atoms with van der Waals surface area (Å²) in [4.78, 5) is 9.72. The highest BCUT2D eigenvalue weighted by Gasteiger charge is 2.30. The maximum Gasteiger partial charge on any atom is 0.0986 e. The van der Waals surface area contributed by atoms with Crippen molar-refractivity contribution in [3.63, 3.8) is 0 Å². The average molecular weight is 672 g/mol. The molecule has 2 aliphatic heterocycles. The van der Waals surface area contributed by atoms with E-state index in [9.17, 15) is 10.2 Å². The van der Waals surface area contributed by atoms with Gasteiger partial charge in [0.15, 0.2) is 0 Å². The molecule has 0 saturated carbocycles. The molecule has 1 atom stereocenters. The van der Waals surface area contributed by atoms with Crippen LogP contribution in [0.15, 0.2) is 165 Å². The van der Waals surface area contributed by atoms with Gasteiger partial charge >= 0.3 is 0 Å². The minimum absolute atomic E-state index is 0.160. The maximum absolute atomic E-state index is 9.65. The van der Waals surface area contributed by atoms with Crippen LogP contribution in [0.4, 0.5) is 22.7 Å². The first kappa shape index (κ1) is 32.4. The molecule has 0 aromatic heterocycles.